The number of rotatable bonds is 3. The molecule has 0 saturated heterocycles. The molecule has 1 aromatic heterocycles. The molecule has 0 aliphatic rings. The topological polar surface area (TPSA) is 102 Å². The number of nitro groups is 1. The maximum absolute atomic E-state index is 10.6. The number of non-ortho nitro benzene ring substituents is 1. The summed E-state index contributed by atoms with van der Waals surface area (Å²) in [5.41, 5.74) is 0.429. The first kappa shape index (κ1) is 11.1. The predicted molar refractivity (Wildman–Crippen MR) is 59.1 cm³/mol. The largest absolute Gasteiger partial charge is 0.477 e. The lowest BCUT2D eigenvalue weighted by atomic mass is 10.2. The quantitative estimate of drug-likeness (QED) is 0.379. The zero-order chi connectivity index (χ0) is 12.4. The average Bonchev–Trinajstić information content (AvgIpc) is 2.71. The van der Waals surface area contributed by atoms with Gasteiger partial charge in [0.2, 0.25) is 5.90 Å². The molecular weight excluding hydrogens is 226 g/mol. The van der Waals surface area contributed by atoms with E-state index in [0.29, 0.717) is 12.0 Å². The third-order valence-corrected chi connectivity index (χ3v) is 2.17. The zero-order valence-electron chi connectivity index (χ0n) is 8.97. The lowest BCUT2D eigenvalue weighted by Crippen LogP contribution is -2.05. The molecule has 88 valence electrons. The number of aromatic nitrogens is 1. The zero-order valence-corrected chi connectivity index (χ0v) is 8.97. The van der Waals surface area contributed by atoms with Crippen molar-refractivity contribution in [3.8, 4) is 0 Å². The Bertz CT molecular complexity index is 590. The van der Waals surface area contributed by atoms with E-state index in [0.717, 1.165) is 0 Å². The number of fused-ring (bicyclic) bond motifs is 1. The highest BCUT2D eigenvalue weighted by Crippen LogP contribution is 2.23. The van der Waals surface area contributed by atoms with Gasteiger partial charge in [-0.05, 0) is 13.0 Å². The predicted octanol–water partition coefficient (Wildman–Crippen LogP) is 2.10. The van der Waals surface area contributed by atoms with Gasteiger partial charge in [0.15, 0.2) is 11.3 Å². The second-order valence-electron chi connectivity index (χ2n) is 3.23. The fourth-order valence-electron chi connectivity index (χ4n) is 1.42. The summed E-state index contributed by atoms with van der Waals surface area (Å²) in [6, 6.07) is 4.10. The van der Waals surface area contributed by atoms with Crippen molar-refractivity contribution in [1.29, 1.82) is 5.41 Å². The summed E-state index contributed by atoms with van der Waals surface area (Å²) in [4.78, 5) is 10.0. The van der Waals surface area contributed by atoms with Crippen LogP contribution in [0.4, 0.5) is 5.69 Å². The lowest BCUT2D eigenvalue weighted by Gasteiger charge is -1.99. The highest BCUT2D eigenvalue weighted by molar-refractivity contribution is 6.02. The summed E-state index contributed by atoms with van der Waals surface area (Å²) in [6.07, 6.45) is 0. The van der Waals surface area contributed by atoms with Crippen LogP contribution in [-0.4, -0.2) is 22.6 Å². The number of hydrogen-bond acceptors (Lipinski definition) is 6. The van der Waals surface area contributed by atoms with E-state index in [1.807, 2.05) is 0 Å². The van der Waals surface area contributed by atoms with Crippen LogP contribution in [0.15, 0.2) is 22.7 Å². The van der Waals surface area contributed by atoms with Crippen molar-refractivity contribution in [2.45, 2.75) is 6.92 Å². The molecule has 0 saturated carbocycles. The van der Waals surface area contributed by atoms with Crippen molar-refractivity contribution in [3.63, 3.8) is 0 Å². The van der Waals surface area contributed by atoms with E-state index in [2.05, 4.69) is 5.16 Å². The second-order valence-corrected chi connectivity index (χ2v) is 3.23. The molecule has 1 N–H and O–H groups in total. The van der Waals surface area contributed by atoms with Gasteiger partial charge in [-0.15, -0.1) is 0 Å². The van der Waals surface area contributed by atoms with Gasteiger partial charge in [-0.2, -0.15) is 0 Å². The molecule has 2 aromatic rings. The minimum absolute atomic E-state index is 0.0804. The van der Waals surface area contributed by atoms with E-state index < -0.39 is 4.92 Å². The molecule has 0 amide bonds. The summed E-state index contributed by atoms with van der Waals surface area (Å²) in [5, 5.41) is 22.3. The van der Waals surface area contributed by atoms with Crippen molar-refractivity contribution in [3.05, 3.63) is 34.0 Å². The van der Waals surface area contributed by atoms with Crippen LogP contribution in [0.25, 0.3) is 11.0 Å². The van der Waals surface area contributed by atoms with Crippen LogP contribution in [0, 0.1) is 15.5 Å². The molecule has 0 unspecified atom stereocenters. The van der Waals surface area contributed by atoms with E-state index in [9.17, 15) is 10.1 Å². The fraction of sp³-hybridized carbons (Fsp3) is 0.200. The number of ether oxygens (including phenoxy) is 1. The van der Waals surface area contributed by atoms with Crippen molar-refractivity contribution < 1.29 is 14.2 Å². The van der Waals surface area contributed by atoms with Gasteiger partial charge in [-0.25, -0.2) is 0 Å². The standard InChI is InChI=1S/C10H9N3O4/c1-2-16-10(11)9-7-4-3-6(13(14)15)5-8(7)17-12-9/h3-5,11H,2H2,1H3. The SMILES string of the molecule is CCOC(=N)c1noc2cc([N+](=O)[O-])ccc12. The summed E-state index contributed by atoms with van der Waals surface area (Å²) < 4.78 is 9.93. The van der Waals surface area contributed by atoms with E-state index in [1.165, 1.54) is 18.2 Å². The maximum atomic E-state index is 10.6. The molecule has 0 atom stereocenters. The monoisotopic (exact) mass is 235 g/mol. The molecular formula is C10H9N3O4. The van der Waals surface area contributed by atoms with E-state index in [-0.39, 0.29) is 22.9 Å². The molecule has 0 aliphatic carbocycles. The summed E-state index contributed by atoms with van der Waals surface area (Å²) in [7, 11) is 0. The number of nitrogens with zero attached hydrogens (tertiary/aromatic N) is 2. The summed E-state index contributed by atoms with van der Waals surface area (Å²) >= 11 is 0. The Balaban J connectivity index is 2.48. The van der Waals surface area contributed by atoms with Gasteiger partial charge in [0.1, 0.15) is 0 Å². The Morgan fingerprint density at radius 2 is 2.41 bits per heavy atom. The van der Waals surface area contributed by atoms with Crippen LogP contribution in [0.5, 0.6) is 0 Å². The minimum atomic E-state index is -0.518. The number of benzene rings is 1. The van der Waals surface area contributed by atoms with Crippen LogP contribution in [-0.2, 0) is 4.74 Å². The third kappa shape index (κ3) is 1.94. The molecule has 7 heteroatoms. The first-order valence-electron chi connectivity index (χ1n) is 4.89. The van der Waals surface area contributed by atoms with Crippen molar-refractivity contribution in [2.75, 3.05) is 6.61 Å². The molecule has 0 radical (unpaired) electrons. The van der Waals surface area contributed by atoms with Gasteiger partial charge < -0.3 is 9.26 Å². The smallest absolute Gasteiger partial charge is 0.273 e. The fourth-order valence-corrected chi connectivity index (χ4v) is 1.42. The molecule has 1 aromatic carbocycles. The van der Waals surface area contributed by atoms with Crippen LogP contribution < -0.4 is 0 Å². The van der Waals surface area contributed by atoms with Gasteiger partial charge in [-0.1, -0.05) is 5.16 Å². The molecule has 7 nitrogen and oxygen atoms in total. The van der Waals surface area contributed by atoms with E-state index >= 15 is 0 Å². The van der Waals surface area contributed by atoms with Crippen molar-refractivity contribution in [2.24, 2.45) is 0 Å². The number of nitrogens with one attached hydrogen (secondary N) is 1. The van der Waals surface area contributed by atoms with E-state index in [1.54, 1.807) is 6.92 Å². The van der Waals surface area contributed by atoms with Gasteiger partial charge in [0.05, 0.1) is 23.0 Å². The Hall–Kier alpha value is -2.44. The Kier molecular flexibility index (Phi) is 2.73. The maximum Gasteiger partial charge on any atom is 0.273 e. The minimum Gasteiger partial charge on any atom is -0.477 e. The molecule has 17 heavy (non-hydrogen) atoms. The van der Waals surface area contributed by atoms with Gasteiger partial charge in [-0.3, -0.25) is 15.5 Å². The van der Waals surface area contributed by atoms with Gasteiger partial charge >= 0.3 is 0 Å². The molecule has 0 spiro atoms. The Labute approximate surface area is 95.6 Å². The average molecular weight is 235 g/mol. The normalized spacial score (nSPS) is 10.4. The summed E-state index contributed by atoms with van der Waals surface area (Å²) in [5.74, 6) is -0.111. The Morgan fingerprint density at radius 1 is 1.65 bits per heavy atom. The number of hydrogen-bond donors (Lipinski definition) is 1. The Morgan fingerprint density at radius 3 is 3.06 bits per heavy atom. The van der Waals surface area contributed by atoms with Crippen LogP contribution in [0.3, 0.4) is 0 Å². The molecule has 2 rings (SSSR count). The highest BCUT2D eigenvalue weighted by atomic mass is 16.6. The van der Waals surface area contributed by atoms with Gasteiger partial charge in [0, 0.05) is 6.07 Å². The van der Waals surface area contributed by atoms with Crippen LogP contribution in [0.1, 0.15) is 12.6 Å². The third-order valence-electron chi connectivity index (χ3n) is 2.17. The molecule has 0 fully saturated rings. The van der Waals surface area contributed by atoms with Crippen molar-refractivity contribution in [1.82, 2.24) is 5.16 Å². The van der Waals surface area contributed by atoms with Gasteiger partial charge in [0.25, 0.3) is 5.69 Å². The first-order chi connectivity index (χ1) is 8.13. The molecule has 0 aliphatic heterocycles. The number of nitro benzene ring substituents is 1. The highest BCUT2D eigenvalue weighted by Gasteiger charge is 2.16. The lowest BCUT2D eigenvalue weighted by molar-refractivity contribution is -0.384. The van der Waals surface area contributed by atoms with Crippen LogP contribution in [0.2, 0.25) is 0 Å². The summed E-state index contributed by atoms with van der Waals surface area (Å²) in [6.45, 7) is 2.10. The first-order valence-corrected chi connectivity index (χ1v) is 4.89. The van der Waals surface area contributed by atoms with Crippen molar-refractivity contribution >= 4 is 22.6 Å². The molecule has 1 heterocycles. The molecule has 0 bridgehead atoms. The van der Waals surface area contributed by atoms with Crippen LogP contribution >= 0.6 is 0 Å². The van der Waals surface area contributed by atoms with E-state index in [4.69, 9.17) is 14.7 Å². The second kappa shape index (κ2) is 4.20.